The quantitative estimate of drug-likeness (QED) is 0.106. The number of fused-ring (bicyclic) bond motifs is 1. The van der Waals surface area contributed by atoms with Crippen molar-refractivity contribution in [2.45, 2.75) is 12.3 Å². The minimum Gasteiger partial charge on any atom is -0.457 e. The SMILES string of the molecule is CC(c1ccc(OC(F)=C(F)F)cc1)(c1ccc(OC(F)=C(F)F)cc1)c1ccc(Oc2ccc3c(c2)C(=O)C=CC3=O)cc1. The minimum atomic E-state index is -2.61. The Morgan fingerprint density at radius 2 is 0.889 bits per heavy atom. The van der Waals surface area contributed by atoms with E-state index in [0.717, 1.165) is 0 Å². The number of halogens is 6. The van der Waals surface area contributed by atoms with Crippen LogP contribution < -0.4 is 14.2 Å². The van der Waals surface area contributed by atoms with E-state index in [2.05, 4.69) is 9.47 Å². The van der Waals surface area contributed by atoms with Crippen molar-refractivity contribution in [3.8, 4) is 23.0 Å². The van der Waals surface area contributed by atoms with Crippen molar-refractivity contribution >= 4 is 11.6 Å². The van der Waals surface area contributed by atoms with Gasteiger partial charge in [-0.1, -0.05) is 36.4 Å². The number of hydrogen-bond donors (Lipinski definition) is 0. The predicted octanol–water partition coefficient (Wildman–Crippen LogP) is 9.60. The predicted molar refractivity (Wildman–Crippen MR) is 151 cm³/mol. The van der Waals surface area contributed by atoms with Gasteiger partial charge in [0.15, 0.2) is 11.6 Å². The Kier molecular flexibility index (Phi) is 8.62. The molecule has 0 aliphatic heterocycles. The first-order chi connectivity index (χ1) is 21.4. The van der Waals surface area contributed by atoms with Crippen LogP contribution in [0.2, 0.25) is 0 Å². The van der Waals surface area contributed by atoms with E-state index in [9.17, 15) is 35.9 Å². The highest BCUT2D eigenvalue weighted by Gasteiger charge is 2.32. The van der Waals surface area contributed by atoms with E-state index >= 15 is 0 Å². The second-order valence-corrected chi connectivity index (χ2v) is 9.84. The average Bonchev–Trinajstić information content (AvgIpc) is 3.03. The number of ether oxygens (including phenoxy) is 3. The van der Waals surface area contributed by atoms with Crippen molar-refractivity contribution in [1.29, 1.82) is 0 Å². The van der Waals surface area contributed by atoms with E-state index in [1.807, 2.05) is 6.92 Å². The van der Waals surface area contributed by atoms with Crippen molar-refractivity contribution in [2.24, 2.45) is 0 Å². The molecule has 0 amide bonds. The number of ketones is 2. The molecule has 0 fully saturated rings. The normalized spacial score (nSPS) is 12.3. The summed E-state index contributed by atoms with van der Waals surface area (Å²) in [6.45, 7) is 1.82. The summed E-state index contributed by atoms with van der Waals surface area (Å²) in [4.78, 5) is 24.3. The van der Waals surface area contributed by atoms with Crippen LogP contribution in [-0.2, 0) is 5.41 Å². The van der Waals surface area contributed by atoms with Crippen LogP contribution in [0.15, 0.2) is 127 Å². The van der Waals surface area contributed by atoms with Gasteiger partial charge in [0.1, 0.15) is 23.0 Å². The number of rotatable bonds is 9. The molecule has 0 atom stereocenters. The molecule has 0 N–H and O–H groups in total. The third kappa shape index (κ3) is 6.52. The van der Waals surface area contributed by atoms with E-state index < -0.39 is 29.6 Å². The van der Waals surface area contributed by atoms with Gasteiger partial charge < -0.3 is 14.2 Å². The summed E-state index contributed by atoms with van der Waals surface area (Å²) in [6, 6.07) is 18.6. The first kappa shape index (κ1) is 30.9. The molecule has 0 saturated heterocycles. The summed E-state index contributed by atoms with van der Waals surface area (Å²) in [5, 5.41) is 0. The molecule has 0 spiro atoms. The standard InChI is InChI=1S/C34H20F6O5/c1-34(20-4-10-23(11-5-20)44-32(39)30(35)36,21-6-12-24(13-7-21)45-33(40)31(37)38)19-2-8-22(9-3-19)43-25-14-15-26-27(18-25)29(42)17-16-28(26)41/h2-18H,1H3. The average molecular weight is 623 g/mol. The monoisotopic (exact) mass is 622 g/mol. The molecule has 0 aromatic heterocycles. The van der Waals surface area contributed by atoms with Gasteiger partial charge in [0.05, 0.1) is 0 Å². The third-order valence-corrected chi connectivity index (χ3v) is 7.15. The summed E-state index contributed by atoms with van der Waals surface area (Å²) in [6.07, 6.45) is -2.82. The van der Waals surface area contributed by atoms with E-state index in [4.69, 9.17) is 4.74 Å². The highest BCUT2D eigenvalue weighted by molar-refractivity contribution is 6.22. The topological polar surface area (TPSA) is 61.8 Å². The third-order valence-electron chi connectivity index (χ3n) is 7.15. The smallest absolute Gasteiger partial charge is 0.344 e. The van der Waals surface area contributed by atoms with Gasteiger partial charge >= 0.3 is 24.2 Å². The van der Waals surface area contributed by atoms with Crippen LogP contribution in [0.4, 0.5) is 26.3 Å². The summed E-state index contributed by atoms with van der Waals surface area (Å²) in [5.74, 6) is -0.263. The molecule has 0 bridgehead atoms. The fourth-order valence-electron chi connectivity index (χ4n) is 4.83. The van der Waals surface area contributed by atoms with Crippen LogP contribution in [0.5, 0.6) is 23.0 Å². The van der Waals surface area contributed by atoms with Crippen molar-refractivity contribution in [2.75, 3.05) is 0 Å². The van der Waals surface area contributed by atoms with Gasteiger partial charge in [0, 0.05) is 16.5 Å². The van der Waals surface area contributed by atoms with Crippen LogP contribution in [0.1, 0.15) is 44.3 Å². The Labute approximate surface area is 252 Å². The summed E-state index contributed by atoms with van der Waals surface area (Å²) in [7, 11) is 0. The van der Waals surface area contributed by atoms with E-state index in [-0.39, 0.29) is 34.2 Å². The molecule has 5 nitrogen and oxygen atoms in total. The van der Waals surface area contributed by atoms with Gasteiger partial charge in [-0.3, -0.25) is 9.59 Å². The molecule has 0 radical (unpaired) electrons. The summed E-state index contributed by atoms with van der Waals surface area (Å²) in [5.41, 5.74) is 1.35. The van der Waals surface area contributed by atoms with E-state index in [1.54, 1.807) is 30.3 Å². The maximum atomic E-state index is 13.3. The zero-order valence-electron chi connectivity index (χ0n) is 23.1. The lowest BCUT2D eigenvalue weighted by Gasteiger charge is -2.32. The van der Waals surface area contributed by atoms with Gasteiger partial charge in [-0.25, -0.2) is 0 Å². The maximum Gasteiger partial charge on any atom is 0.344 e. The molecule has 5 rings (SSSR count). The second kappa shape index (κ2) is 12.6. The molecule has 0 saturated carbocycles. The first-order valence-corrected chi connectivity index (χ1v) is 13.1. The maximum absolute atomic E-state index is 13.3. The van der Waals surface area contributed by atoms with Gasteiger partial charge in [-0.15, -0.1) is 0 Å². The van der Waals surface area contributed by atoms with E-state index in [0.29, 0.717) is 28.2 Å². The van der Waals surface area contributed by atoms with Gasteiger partial charge in [0.2, 0.25) is 0 Å². The molecular weight excluding hydrogens is 602 g/mol. The molecule has 1 aliphatic carbocycles. The van der Waals surface area contributed by atoms with Gasteiger partial charge in [0.25, 0.3) is 0 Å². The molecule has 1 aliphatic rings. The number of hydrogen-bond acceptors (Lipinski definition) is 5. The molecular formula is C34H20F6O5. The highest BCUT2D eigenvalue weighted by atomic mass is 19.3. The zero-order chi connectivity index (χ0) is 32.3. The van der Waals surface area contributed by atoms with Crippen molar-refractivity contribution in [3.05, 3.63) is 155 Å². The molecule has 0 unspecified atom stereocenters. The van der Waals surface area contributed by atoms with Gasteiger partial charge in [-0.05, 0) is 90.4 Å². The largest absolute Gasteiger partial charge is 0.457 e. The fourth-order valence-corrected chi connectivity index (χ4v) is 4.83. The summed E-state index contributed by atoms with van der Waals surface area (Å²) < 4.78 is 91.7. The molecule has 4 aromatic rings. The molecule has 11 heteroatoms. The number of carbonyl (C=O) groups excluding carboxylic acids is 2. The minimum absolute atomic E-state index is 0.185. The Morgan fingerprint density at radius 3 is 1.31 bits per heavy atom. The Balaban J connectivity index is 1.48. The van der Waals surface area contributed by atoms with Crippen LogP contribution in [0.25, 0.3) is 0 Å². The Bertz CT molecular complexity index is 1780. The number of allylic oxidation sites excluding steroid dienone is 2. The van der Waals surface area contributed by atoms with Crippen molar-refractivity contribution < 1.29 is 50.1 Å². The summed E-state index contributed by atoms with van der Waals surface area (Å²) >= 11 is 0. The number of carbonyl (C=O) groups is 2. The van der Waals surface area contributed by atoms with Crippen LogP contribution in [0, 0.1) is 0 Å². The molecule has 45 heavy (non-hydrogen) atoms. The van der Waals surface area contributed by atoms with Crippen molar-refractivity contribution in [1.82, 2.24) is 0 Å². The first-order valence-electron chi connectivity index (χ1n) is 13.1. The number of benzene rings is 4. The van der Waals surface area contributed by atoms with E-state index in [1.165, 1.54) is 72.8 Å². The van der Waals surface area contributed by atoms with Crippen molar-refractivity contribution in [3.63, 3.8) is 0 Å². The lowest BCUT2D eigenvalue weighted by Crippen LogP contribution is -2.25. The molecule has 4 aromatic carbocycles. The second-order valence-electron chi connectivity index (χ2n) is 9.84. The zero-order valence-corrected chi connectivity index (χ0v) is 23.1. The van der Waals surface area contributed by atoms with Crippen LogP contribution in [0.3, 0.4) is 0 Å². The van der Waals surface area contributed by atoms with Crippen LogP contribution >= 0.6 is 0 Å². The molecule has 0 heterocycles. The lowest BCUT2D eigenvalue weighted by molar-refractivity contribution is 0.0994. The molecule has 228 valence electrons. The van der Waals surface area contributed by atoms with Gasteiger partial charge in [-0.2, -0.15) is 26.3 Å². The highest BCUT2D eigenvalue weighted by Crippen LogP contribution is 2.41. The fraction of sp³-hybridized carbons (Fsp3) is 0.0588. The lowest BCUT2D eigenvalue weighted by atomic mass is 9.71. The van der Waals surface area contributed by atoms with Crippen LogP contribution in [-0.4, -0.2) is 11.6 Å². The Morgan fingerprint density at radius 1 is 0.511 bits per heavy atom. The Hall–Kier alpha value is -5.58.